The first kappa shape index (κ1) is 21.0. The number of carbonyl (C=O) groups excluding carboxylic acids is 6. The van der Waals surface area contributed by atoms with E-state index in [1.54, 1.807) is 0 Å². The summed E-state index contributed by atoms with van der Waals surface area (Å²) in [5.41, 5.74) is 0. The van der Waals surface area contributed by atoms with Crippen molar-refractivity contribution in [2.75, 3.05) is 13.2 Å². The van der Waals surface area contributed by atoms with Crippen LogP contribution in [0.3, 0.4) is 0 Å². The molecule has 2 unspecified atom stereocenters. The second-order valence-electron chi connectivity index (χ2n) is 6.15. The minimum atomic E-state index is -1.03. The van der Waals surface area contributed by atoms with E-state index in [0.29, 0.717) is 12.8 Å². The zero-order valence-electron chi connectivity index (χ0n) is 15.5. The van der Waals surface area contributed by atoms with Crippen molar-refractivity contribution in [3.63, 3.8) is 0 Å². The molecular formula is C18H20N2O8. The molecule has 0 spiro atoms. The molecule has 0 fully saturated rings. The molecule has 2 aliphatic rings. The highest BCUT2D eigenvalue weighted by atomic mass is 16.5. The second-order valence-corrected chi connectivity index (χ2v) is 6.15. The smallest absolute Gasteiger partial charge is 0.329 e. The van der Waals surface area contributed by atoms with Gasteiger partial charge in [0, 0.05) is 24.3 Å². The topological polar surface area (TPSA) is 127 Å². The number of nitrogens with zero attached hydrogens (tertiary/aromatic N) is 2. The Balaban J connectivity index is 1.62. The van der Waals surface area contributed by atoms with Crippen LogP contribution in [0.4, 0.5) is 0 Å². The predicted molar refractivity (Wildman–Crippen MR) is 92.1 cm³/mol. The third-order valence-electron chi connectivity index (χ3n) is 4.17. The quantitative estimate of drug-likeness (QED) is 0.291. The lowest BCUT2D eigenvalue weighted by Gasteiger charge is -2.21. The molecule has 2 atom stereocenters. The van der Waals surface area contributed by atoms with Gasteiger partial charge in [0.2, 0.25) is 0 Å². The van der Waals surface area contributed by atoms with Crippen molar-refractivity contribution >= 4 is 35.6 Å². The van der Waals surface area contributed by atoms with Gasteiger partial charge in [-0.25, -0.2) is 9.59 Å². The summed E-state index contributed by atoms with van der Waals surface area (Å²) < 4.78 is 10.0. The molecule has 0 aromatic rings. The summed E-state index contributed by atoms with van der Waals surface area (Å²) >= 11 is 0. The van der Waals surface area contributed by atoms with Gasteiger partial charge in [-0.2, -0.15) is 0 Å². The fourth-order valence-corrected chi connectivity index (χ4v) is 2.59. The van der Waals surface area contributed by atoms with Crippen LogP contribution in [0.2, 0.25) is 0 Å². The zero-order valence-corrected chi connectivity index (χ0v) is 15.5. The van der Waals surface area contributed by atoms with Gasteiger partial charge in [-0.1, -0.05) is 0 Å². The van der Waals surface area contributed by atoms with Crippen LogP contribution in [0.25, 0.3) is 0 Å². The third-order valence-corrected chi connectivity index (χ3v) is 4.17. The van der Waals surface area contributed by atoms with E-state index in [0.717, 1.165) is 34.1 Å². The first-order valence-corrected chi connectivity index (χ1v) is 8.67. The SMILES string of the molecule is CC(C(=O)OCCCCOC(=O)C(C)N1C(=O)C=CC1=O)N1C(=O)C=CC1=O. The third kappa shape index (κ3) is 4.70. The molecule has 0 saturated carbocycles. The van der Waals surface area contributed by atoms with Crippen LogP contribution in [0.5, 0.6) is 0 Å². The lowest BCUT2D eigenvalue weighted by atomic mass is 10.3. The number of unbranched alkanes of at least 4 members (excludes halogenated alkanes) is 1. The van der Waals surface area contributed by atoms with E-state index in [9.17, 15) is 28.8 Å². The van der Waals surface area contributed by atoms with E-state index in [1.807, 2.05) is 0 Å². The lowest BCUT2D eigenvalue weighted by Crippen LogP contribution is -2.44. The van der Waals surface area contributed by atoms with Crippen molar-refractivity contribution in [2.24, 2.45) is 0 Å². The van der Waals surface area contributed by atoms with Crippen molar-refractivity contribution in [2.45, 2.75) is 38.8 Å². The Kier molecular flexibility index (Phi) is 6.80. The van der Waals surface area contributed by atoms with E-state index in [4.69, 9.17) is 9.47 Å². The zero-order chi connectivity index (χ0) is 20.8. The van der Waals surface area contributed by atoms with Crippen molar-refractivity contribution in [1.29, 1.82) is 0 Å². The Morgan fingerprint density at radius 3 is 1.29 bits per heavy atom. The number of ether oxygens (including phenoxy) is 2. The van der Waals surface area contributed by atoms with Gasteiger partial charge >= 0.3 is 11.9 Å². The normalized spacial score (nSPS) is 18.1. The molecule has 4 amide bonds. The standard InChI is InChI=1S/C18H20N2O8/c1-11(19-13(21)5-6-14(19)22)17(25)27-9-3-4-10-28-18(26)12(2)20-15(23)7-8-16(20)24/h5-8,11-12H,3-4,9-10H2,1-2H3. The fraction of sp³-hybridized carbons (Fsp3) is 0.444. The first-order chi connectivity index (χ1) is 13.2. The monoisotopic (exact) mass is 392 g/mol. The number of carbonyl (C=O) groups is 6. The van der Waals surface area contributed by atoms with Gasteiger partial charge in [-0.15, -0.1) is 0 Å². The molecule has 0 aromatic heterocycles. The minimum Gasteiger partial charge on any atom is -0.464 e. The number of amides is 4. The van der Waals surface area contributed by atoms with Crippen molar-refractivity contribution < 1.29 is 38.2 Å². The Labute approximate surface area is 160 Å². The van der Waals surface area contributed by atoms with Crippen LogP contribution >= 0.6 is 0 Å². The molecule has 0 radical (unpaired) electrons. The van der Waals surface area contributed by atoms with Gasteiger partial charge in [-0.3, -0.25) is 29.0 Å². The van der Waals surface area contributed by atoms with Gasteiger partial charge in [0.05, 0.1) is 13.2 Å². The van der Waals surface area contributed by atoms with Crippen LogP contribution in [0.15, 0.2) is 24.3 Å². The van der Waals surface area contributed by atoms with E-state index < -0.39 is 47.7 Å². The Bertz CT molecular complexity index is 670. The first-order valence-electron chi connectivity index (χ1n) is 8.67. The summed E-state index contributed by atoms with van der Waals surface area (Å²) in [7, 11) is 0. The highest BCUT2D eigenvalue weighted by Gasteiger charge is 2.34. The van der Waals surface area contributed by atoms with E-state index in [-0.39, 0.29) is 13.2 Å². The van der Waals surface area contributed by atoms with Crippen LogP contribution in [-0.4, -0.2) is 70.7 Å². The van der Waals surface area contributed by atoms with E-state index in [1.165, 1.54) is 13.8 Å². The van der Waals surface area contributed by atoms with Crippen LogP contribution < -0.4 is 0 Å². The van der Waals surface area contributed by atoms with Crippen molar-refractivity contribution in [3.05, 3.63) is 24.3 Å². The van der Waals surface area contributed by atoms with Gasteiger partial charge in [0.15, 0.2) is 0 Å². The molecular weight excluding hydrogens is 372 g/mol. The van der Waals surface area contributed by atoms with Gasteiger partial charge < -0.3 is 9.47 Å². The number of hydrogen-bond acceptors (Lipinski definition) is 8. The number of rotatable bonds is 9. The molecule has 0 aromatic carbocycles. The molecule has 0 aliphatic carbocycles. The molecule has 28 heavy (non-hydrogen) atoms. The second kappa shape index (κ2) is 9.07. The molecule has 0 bridgehead atoms. The summed E-state index contributed by atoms with van der Waals surface area (Å²) in [5.74, 6) is -3.70. The fourth-order valence-electron chi connectivity index (χ4n) is 2.59. The lowest BCUT2D eigenvalue weighted by molar-refractivity contribution is -0.157. The van der Waals surface area contributed by atoms with Crippen LogP contribution in [0.1, 0.15) is 26.7 Å². The molecule has 2 aliphatic heterocycles. The predicted octanol–water partition coefficient (Wildman–Crippen LogP) is -0.520. The largest absolute Gasteiger partial charge is 0.464 e. The average Bonchev–Trinajstić information content (AvgIpc) is 3.17. The van der Waals surface area contributed by atoms with Crippen LogP contribution in [-0.2, 0) is 38.2 Å². The maximum Gasteiger partial charge on any atom is 0.329 e. The highest BCUT2D eigenvalue weighted by Crippen LogP contribution is 2.12. The van der Waals surface area contributed by atoms with Gasteiger partial charge in [0.25, 0.3) is 23.6 Å². The van der Waals surface area contributed by atoms with Gasteiger partial charge in [-0.05, 0) is 26.7 Å². The summed E-state index contributed by atoms with van der Waals surface area (Å²) in [5, 5.41) is 0. The molecule has 2 rings (SSSR count). The number of esters is 2. The van der Waals surface area contributed by atoms with E-state index >= 15 is 0 Å². The summed E-state index contributed by atoms with van der Waals surface area (Å²) in [6.07, 6.45) is 5.09. The molecule has 10 nitrogen and oxygen atoms in total. The Morgan fingerprint density at radius 2 is 1.00 bits per heavy atom. The molecule has 0 N–H and O–H groups in total. The highest BCUT2D eigenvalue weighted by molar-refractivity contribution is 6.15. The summed E-state index contributed by atoms with van der Waals surface area (Å²) in [4.78, 5) is 71.5. The Morgan fingerprint density at radius 1 is 0.714 bits per heavy atom. The Hall–Kier alpha value is -3.30. The minimum absolute atomic E-state index is 0.0208. The van der Waals surface area contributed by atoms with Crippen molar-refractivity contribution in [1.82, 2.24) is 9.80 Å². The number of hydrogen-bond donors (Lipinski definition) is 0. The molecule has 10 heteroatoms. The maximum absolute atomic E-state index is 11.9. The molecule has 2 heterocycles. The molecule has 0 saturated heterocycles. The average molecular weight is 392 g/mol. The summed E-state index contributed by atoms with van der Waals surface area (Å²) in [6, 6.07) is -2.06. The van der Waals surface area contributed by atoms with E-state index in [2.05, 4.69) is 0 Å². The van der Waals surface area contributed by atoms with Crippen LogP contribution in [0, 0.1) is 0 Å². The van der Waals surface area contributed by atoms with Crippen molar-refractivity contribution in [3.8, 4) is 0 Å². The maximum atomic E-state index is 11.9. The van der Waals surface area contributed by atoms with Gasteiger partial charge in [0.1, 0.15) is 12.1 Å². The summed E-state index contributed by atoms with van der Waals surface area (Å²) in [6.45, 7) is 2.83. The number of imide groups is 2. The molecule has 150 valence electrons.